The van der Waals surface area contributed by atoms with Crippen molar-refractivity contribution in [2.24, 2.45) is 0 Å². The van der Waals surface area contributed by atoms with Crippen molar-refractivity contribution < 1.29 is 14.7 Å². The number of nitrogen functional groups attached to an aromatic ring is 1. The van der Waals surface area contributed by atoms with Gasteiger partial charge in [0, 0.05) is 0 Å². The van der Waals surface area contributed by atoms with E-state index in [0.717, 1.165) is 0 Å². The predicted octanol–water partition coefficient (Wildman–Crippen LogP) is -1.03. The van der Waals surface area contributed by atoms with Crippen LogP contribution in [0.3, 0.4) is 0 Å². The van der Waals surface area contributed by atoms with Crippen LogP contribution in [0.15, 0.2) is 24.3 Å². The van der Waals surface area contributed by atoms with Crippen LogP contribution in [0.25, 0.3) is 0 Å². The first-order chi connectivity index (χ1) is 5.20. The van der Waals surface area contributed by atoms with E-state index < -0.39 is 7.32 Å². The normalized spacial score (nSPS) is 8.50. The number of benzene rings is 1. The first-order valence-corrected chi connectivity index (χ1v) is 3.07. The Bertz CT molecular complexity index is 246. The van der Waals surface area contributed by atoms with Crippen LogP contribution in [0, 0.1) is 0 Å². The number of anilines is 1. The van der Waals surface area contributed by atoms with Gasteiger partial charge in [-0.05, 0) is 12.1 Å². The summed E-state index contributed by atoms with van der Waals surface area (Å²) in [4.78, 5) is 0. The van der Waals surface area contributed by atoms with Crippen LogP contribution >= 0.6 is 0 Å². The Morgan fingerprint density at radius 1 is 1.25 bits per heavy atom. The van der Waals surface area contributed by atoms with Gasteiger partial charge in [0.15, 0.2) is 0 Å². The van der Waals surface area contributed by atoms with Gasteiger partial charge in [-0.15, -0.1) is 0 Å². The van der Waals surface area contributed by atoms with Gasteiger partial charge in [-0.3, -0.25) is 0 Å². The Morgan fingerprint density at radius 3 is 2.33 bits per heavy atom. The maximum atomic E-state index is 8.41. The molecule has 0 spiro atoms. The van der Waals surface area contributed by atoms with Gasteiger partial charge in [-0.25, -0.2) is 0 Å². The van der Waals surface area contributed by atoms with Gasteiger partial charge in [0.1, 0.15) is 5.75 Å². The number of rotatable bonds is 2. The summed E-state index contributed by atoms with van der Waals surface area (Å²) in [7, 11) is -1.82. The van der Waals surface area contributed by atoms with Gasteiger partial charge in [0.05, 0.1) is 5.69 Å². The van der Waals surface area contributed by atoms with Gasteiger partial charge >= 0.3 is 26.2 Å². The van der Waals surface area contributed by atoms with E-state index in [9.17, 15) is 0 Å². The molecule has 0 aromatic heterocycles. The molecule has 0 radical (unpaired) electrons. The minimum atomic E-state index is -1.82. The maximum absolute atomic E-state index is 8.41. The van der Waals surface area contributed by atoms with Crippen molar-refractivity contribution in [3.8, 4) is 5.75 Å². The van der Waals surface area contributed by atoms with E-state index in [2.05, 4.69) is 4.65 Å². The summed E-state index contributed by atoms with van der Waals surface area (Å²) in [5.41, 5.74) is 5.80. The van der Waals surface area contributed by atoms with E-state index in [4.69, 9.17) is 15.8 Å². The summed E-state index contributed by atoms with van der Waals surface area (Å²) in [6.07, 6.45) is 0. The monoisotopic (exact) mass is 161 g/mol. The van der Waals surface area contributed by atoms with Gasteiger partial charge in [0.2, 0.25) is 0 Å². The molecule has 0 saturated heterocycles. The molecule has 4 nitrogen and oxygen atoms in total. The van der Waals surface area contributed by atoms with E-state index >= 15 is 0 Å². The molecule has 4 N–H and O–H groups in total. The van der Waals surface area contributed by atoms with Gasteiger partial charge in [-0.1, -0.05) is 12.1 Å². The first kappa shape index (κ1) is 11.4. The zero-order valence-corrected chi connectivity index (χ0v) is 5.77. The van der Waals surface area contributed by atoms with Crippen molar-refractivity contribution in [2.45, 2.75) is 0 Å². The Morgan fingerprint density at radius 2 is 1.83 bits per heavy atom. The van der Waals surface area contributed by atoms with Crippen molar-refractivity contribution >= 4 is 31.9 Å². The molecule has 1 aromatic carbocycles. The standard InChI is InChI=1S/C6H8BNO3.Li.H/c8-5-3-1-2-4-6(5)11-7(9)10;;/h1-4,9-10H,8H2;;. The van der Waals surface area contributed by atoms with Crippen molar-refractivity contribution in [1.29, 1.82) is 0 Å². The van der Waals surface area contributed by atoms with Gasteiger partial charge in [0.25, 0.3) is 0 Å². The molecule has 0 saturated carbocycles. The zero-order chi connectivity index (χ0) is 8.27. The van der Waals surface area contributed by atoms with E-state index in [-0.39, 0.29) is 24.6 Å². The van der Waals surface area contributed by atoms with Crippen LogP contribution in [0.5, 0.6) is 5.75 Å². The summed E-state index contributed by atoms with van der Waals surface area (Å²) in [5.74, 6) is 0.266. The summed E-state index contributed by atoms with van der Waals surface area (Å²) < 4.78 is 4.53. The molecule has 0 aliphatic carbocycles. The third-order valence-electron chi connectivity index (χ3n) is 1.15. The minimum absolute atomic E-state index is 0. The Balaban J connectivity index is 0.00000121. The van der Waals surface area contributed by atoms with Crippen molar-refractivity contribution in [2.75, 3.05) is 5.73 Å². The van der Waals surface area contributed by atoms with Crippen LogP contribution in [0.4, 0.5) is 5.69 Å². The fourth-order valence-electron chi connectivity index (χ4n) is 0.701. The van der Waals surface area contributed by atoms with E-state index in [1.54, 1.807) is 24.3 Å². The van der Waals surface area contributed by atoms with E-state index in [0.29, 0.717) is 5.69 Å². The third-order valence-corrected chi connectivity index (χ3v) is 1.15. The third kappa shape index (κ3) is 3.20. The Hall–Kier alpha value is -0.598. The van der Waals surface area contributed by atoms with Gasteiger partial charge in [-0.2, -0.15) is 0 Å². The van der Waals surface area contributed by atoms with E-state index in [1.807, 2.05) is 0 Å². The van der Waals surface area contributed by atoms with Crippen molar-refractivity contribution in [3.63, 3.8) is 0 Å². The van der Waals surface area contributed by atoms with E-state index in [1.165, 1.54) is 0 Å². The molecular formula is C6H9BLiNO3. The SMILES string of the molecule is Nc1ccccc1OB(O)O.[LiH]. The average molecular weight is 161 g/mol. The molecule has 6 heteroatoms. The molecule has 0 aliphatic heterocycles. The Labute approximate surface area is 82.7 Å². The number of hydrogen-bond acceptors (Lipinski definition) is 4. The molecule has 1 aromatic rings. The number of para-hydroxylation sites is 2. The molecule has 0 aliphatic rings. The molecule has 0 fully saturated rings. The van der Waals surface area contributed by atoms with Crippen LogP contribution < -0.4 is 10.4 Å². The first-order valence-electron chi connectivity index (χ1n) is 3.07. The second-order valence-corrected chi connectivity index (χ2v) is 1.98. The molecule has 1 rings (SSSR count). The molecule has 0 bridgehead atoms. The zero-order valence-electron chi connectivity index (χ0n) is 5.77. The van der Waals surface area contributed by atoms with Crippen LogP contribution in [-0.4, -0.2) is 36.2 Å². The number of hydrogen-bond donors (Lipinski definition) is 3. The molecular weight excluding hydrogens is 152 g/mol. The van der Waals surface area contributed by atoms with Crippen molar-refractivity contribution in [1.82, 2.24) is 0 Å². The van der Waals surface area contributed by atoms with Crippen LogP contribution in [-0.2, 0) is 0 Å². The molecule has 60 valence electrons. The second kappa shape index (κ2) is 5.12. The van der Waals surface area contributed by atoms with Crippen LogP contribution in [0.1, 0.15) is 0 Å². The average Bonchev–Trinajstić information content (AvgIpc) is 1.93. The Kier molecular flexibility index (Phi) is 4.86. The molecule has 0 atom stereocenters. The molecule has 0 heterocycles. The van der Waals surface area contributed by atoms with Crippen molar-refractivity contribution in [3.05, 3.63) is 24.3 Å². The topological polar surface area (TPSA) is 75.7 Å². The summed E-state index contributed by atoms with van der Waals surface area (Å²) in [6.45, 7) is 0. The molecule has 0 unspecified atom stereocenters. The molecule has 12 heavy (non-hydrogen) atoms. The molecule has 0 amide bonds. The fourth-order valence-corrected chi connectivity index (χ4v) is 0.701. The van der Waals surface area contributed by atoms with Gasteiger partial charge < -0.3 is 20.4 Å². The summed E-state index contributed by atoms with van der Waals surface area (Å²) in [6, 6.07) is 6.58. The summed E-state index contributed by atoms with van der Waals surface area (Å²) >= 11 is 0. The number of nitrogens with two attached hydrogens (primary N) is 1. The van der Waals surface area contributed by atoms with Crippen LogP contribution in [0.2, 0.25) is 0 Å². The quantitative estimate of drug-likeness (QED) is 0.382. The second-order valence-electron chi connectivity index (χ2n) is 1.98. The summed E-state index contributed by atoms with van der Waals surface area (Å²) in [5, 5.41) is 16.8. The fraction of sp³-hybridized carbons (Fsp3) is 0. The predicted molar refractivity (Wildman–Crippen MR) is 48.8 cm³/mol.